The maximum absolute atomic E-state index is 13.4. The van der Waals surface area contributed by atoms with E-state index >= 15 is 0 Å². The molecular formula is C20H14FN5O2S. The average Bonchev–Trinajstić information content (AvgIpc) is 3.41. The van der Waals surface area contributed by atoms with E-state index in [1.165, 1.54) is 23.5 Å². The van der Waals surface area contributed by atoms with Gasteiger partial charge in [-0.2, -0.15) is 5.10 Å². The fourth-order valence-corrected chi connectivity index (χ4v) is 4.18. The number of hydrogen-bond acceptors (Lipinski definition) is 6. The number of aromatic nitrogens is 4. The summed E-state index contributed by atoms with van der Waals surface area (Å²) in [5, 5.41) is 8.26. The summed E-state index contributed by atoms with van der Waals surface area (Å²) in [7, 11) is 1.78. The number of nitrogens with one attached hydrogen (secondary N) is 1. The number of hydrogen-bond donors (Lipinski definition) is 1. The van der Waals surface area contributed by atoms with Crippen LogP contribution in [0.2, 0.25) is 0 Å². The molecule has 1 aromatic carbocycles. The van der Waals surface area contributed by atoms with Crippen LogP contribution in [0.5, 0.6) is 0 Å². The highest BCUT2D eigenvalue weighted by Gasteiger charge is 2.21. The van der Waals surface area contributed by atoms with Gasteiger partial charge in [0.1, 0.15) is 11.5 Å². The molecule has 5 rings (SSSR count). The number of anilines is 1. The van der Waals surface area contributed by atoms with Gasteiger partial charge in [-0.3, -0.25) is 14.8 Å². The third kappa shape index (κ3) is 2.95. The van der Waals surface area contributed by atoms with Crippen molar-refractivity contribution in [2.24, 2.45) is 7.05 Å². The molecule has 0 aliphatic carbocycles. The van der Waals surface area contributed by atoms with E-state index < -0.39 is 0 Å². The number of pyridine rings is 1. The van der Waals surface area contributed by atoms with Crippen molar-refractivity contribution in [3.63, 3.8) is 0 Å². The molecule has 4 aromatic heterocycles. The third-order valence-electron chi connectivity index (χ3n) is 4.56. The highest BCUT2D eigenvalue weighted by molar-refractivity contribution is 7.22. The van der Waals surface area contributed by atoms with E-state index in [4.69, 9.17) is 4.42 Å². The highest BCUT2D eigenvalue weighted by atomic mass is 32.1. The number of thiazole rings is 1. The predicted octanol–water partition coefficient (Wildman–Crippen LogP) is 4.54. The van der Waals surface area contributed by atoms with E-state index in [1.807, 2.05) is 6.92 Å². The fraction of sp³-hybridized carbons (Fsp3) is 0.100. The van der Waals surface area contributed by atoms with E-state index in [1.54, 1.807) is 42.3 Å². The maximum Gasteiger partial charge on any atom is 0.258 e. The molecule has 0 atom stereocenters. The molecule has 9 heteroatoms. The molecule has 5 aromatic rings. The Morgan fingerprint density at radius 2 is 2.10 bits per heavy atom. The Hall–Kier alpha value is -3.59. The number of aryl methyl sites for hydroxylation is 2. The first-order chi connectivity index (χ1) is 14.0. The van der Waals surface area contributed by atoms with Gasteiger partial charge in [0, 0.05) is 7.05 Å². The number of halogens is 1. The predicted molar refractivity (Wildman–Crippen MR) is 108 cm³/mol. The van der Waals surface area contributed by atoms with Crippen LogP contribution in [0.4, 0.5) is 9.52 Å². The normalized spacial score (nSPS) is 11.4. The van der Waals surface area contributed by atoms with Crippen LogP contribution >= 0.6 is 11.3 Å². The van der Waals surface area contributed by atoms with E-state index in [-0.39, 0.29) is 11.7 Å². The number of amides is 1. The molecule has 4 heterocycles. The first-order valence-electron chi connectivity index (χ1n) is 8.75. The Balaban J connectivity index is 1.61. The zero-order chi connectivity index (χ0) is 20.1. The number of rotatable bonds is 3. The van der Waals surface area contributed by atoms with E-state index in [9.17, 15) is 9.18 Å². The quantitative estimate of drug-likeness (QED) is 0.475. The van der Waals surface area contributed by atoms with Gasteiger partial charge in [-0.15, -0.1) is 0 Å². The average molecular weight is 407 g/mol. The van der Waals surface area contributed by atoms with Gasteiger partial charge in [-0.1, -0.05) is 11.3 Å². The molecule has 0 saturated carbocycles. The third-order valence-corrected chi connectivity index (χ3v) is 5.49. The molecule has 0 aliphatic heterocycles. The zero-order valence-electron chi connectivity index (χ0n) is 15.4. The SMILES string of the molecule is Cc1nn(C)c2nc(-c3ccco3)cc(C(=O)Nc3nc4ccc(F)cc4s3)c12. The van der Waals surface area contributed by atoms with E-state index in [0.29, 0.717) is 49.1 Å². The lowest BCUT2D eigenvalue weighted by Crippen LogP contribution is -2.13. The van der Waals surface area contributed by atoms with Crippen LogP contribution in [0.3, 0.4) is 0 Å². The smallest absolute Gasteiger partial charge is 0.258 e. The lowest BCUT2D eigenvalue weighted by atomic mass is 10.1. The van der Waals surface area contributed by atoms with Crippen LogP contribution in [0, 0.1) is 12.7 Å². The number of benzene rings is 1. The van der Waals surface area contributed by atoms with Crippen molar-refractivity contribution in [1.29, 1.82) is 0 Å². The molecule has 1 amide bonds. The van der Waals surface area contributed by atoms with Crippen molar-refractivity contribution in [2.45, 2.75) is 6.92 Å². The molecule has 0 spiro atoms. The minimum absolute atomic E-state index is 0.344. The van der Waals surface area contributed by atoms with Crippen LogP contribution in [0.25, 0.3) is 32.7 Å². The largest absolute Gasteiger partial charge is 0.463 e. The molecule has 0 unspecified atom stereocenters. The van der Waals surface area contributed by atoms with Crippen LogP contribution in [-0.4, -0.2) is 25.7 Å². The van der Waals surface area contributed by atoms with Gasteiger partial charge >= 0.3 is 0 Å². The van der Waals surface area contributed by atoms with Gasteiger partial charge in [0.05, 0.1) is 33.1 Å². The molecular weight excluding hydrogens is 393 g/mol. The Morgan fingerprint density at radius 3 is 2.90 bits per heavy atom. The molecule has 0 fully saturated rings. The second-order valence-electron chi connectivity index (χ2n) is 6.53. The summed E-state index contributed by atoms with van der Waals surface area (Å²) in [4.78, 5) is 22.1. The van der Waals surface area contributed by atoms with E-state index in [0.717, 1.165) is 0 Å². The topological polar surface area (TPSA) is 85.8 Å². The van der Waals surface area contributed by atoms with Gasteiger partial charge in [0.15, 0.2) is 16.5 Å². The molecule has 7 nitrogen and oxygen atoms in total. The highest BCUT2D eigenvalue weighted by Crippen LogP contribution is 2.30. The second-order valence-corrected chi connectivity index (χ2v) is 7.56. The number of nitrogens with zero attached hydrogens (tertiary/aromatic N) is 4. The zero-order valence-corrected chi connectivity index (χ0v) is 16.2. The Kier molecular flexibility index (Phi) is 3.92. The lowest BCUT2D eigenvalue weighted by molar-refractivity contribution is 0.102. The molecule has 29 heavy (non-hydrogen) atoms. The van der Waals surface area contributed by atoms with Gasteiger partial charge in [-0.05, 0) is 43.3 Å². The van der Waals surface area contributed by atoms with Crippen LogP contribution < -0.4 is 5.32 Å². The molecule has 0 saturated heterocycles. The summed E-state index contributed by atoms with van der Waals surface area (Å²) in [6, 6.07) is 9.54. The standard InChI is InChI=1S/C20H14FN5O2S/c1-10-17-12(9-14(15-4-3-7-28-15)22-18(17)26(2)25-10)19(27)24-20-23-13-6-5-11(21)8-16(13)29-20/h3-9H,1-2H3,(H,23,24,27). The first kappa shape index (κ1) is 17.5. The van der Waals surface area contributed by atoms with Crippen molar-refractivity contribution < 1.29 is 13.6 Å². The number of carbonyl (C=O) groups excluding carboxylic acids is 1. The molecule has 1 N–H and O–H groups in total. The first-order valence-corrected chi connectivity index (χ1v) is 9.57. The molecule has 0 aliphatic rings. The van der Waals surface area contributed by atoms with Crippen molar-refractivity contribution in [1.82, 2.24) is 19.7 Å². The molecule has 0 radical (unpaired) electrons. The molecule has 0 bridgehead atoms. The fourth-order valence-electron chi connectivity index (χ4n) is 3.29. The van der Waals surface area contributed by atoms with Crippen LogP contribution in [0.15, 0.2) is 47.1 Å². The summed E-state index contributed by atoms with van der Waals surface area (Å²) >= 11 is 1.21. The van der Waals surface area contributed by atoms with Gasteiger partial charge < -0.3 is 4.42 Å². The maximum atomic E-state index is 13.4. The lowest BCUT2D eigenvalue weighted by Gasteiger charge is -2.06. The summed E-state index contributed by atoms with van der Waals surface area (Å²) in [5.41, 5.74) is 2.84. The second kappa shape index (κ2) is 6.49. The van der Waals surface area contributed by atoms with Gasteiger partial charge in [0.25, 0.3) is 5.91 Å². The number of carbonyl (C=O) groups is 1. The Morgan fingerprint density at radius 1 is 1.24 bits per heavy atom. The minimum atomic E-state index is -0.346. The van der Waals surface area contributed by atoms with Crippen molar-refractivity contribution in [2.75, 3.05) is 5.32 Å². The van der Waals surface area contributed by atoms with Crippen LogP contribution in [0.1, 0.15) is 16.1 Å². The summed E-state index contributed by atoms with van der Waals surface area (Å²) in [5.74, 6) is -0.139. The summed E-state index contributed by atoms with van der Waals surface area (Å²) < 4.78 is 21.2. The van der Waals surface area contributed by atoms with Gasteiger partial charge in [0.2, 0.25) is 0 Å². The van der Waals surface area contributed by atoms with Crippen molar-refractivity contribution in [3.8, 4) is 11.5 Å². The Labute approximate surface area is 167 Å². The number of fused-ring (bicyclic) bond motifs is 2. The monoisotopic (exact) mass is 407 g/mol. The number of furan rings is 1. The van der Waals surface area contributed by atoms with Crippen molar-refractivity contribution >= 4 is 43.6 Å². The van der Waals surface area contributed by atoms with Crippen LogP contribution in [-0.2, 0) is 7.05 Å². The molecule has 144 valence electrons. The van der Waals surface area contributed by atoms with Crippen molar-refractivity contribution in [3.05, 3.63) is 59.7 Å². The Bertz CT molecular complexity index is 1390. The minimum Gasteiger partial charge on any atom is -0.463 e. The summed E-state index contributed by atoms with van der Waals surface area (Å²) in [6.45, 7) is 1.83. The van der Waals surface area contributed by atoms with E-state index in [2.05, 4.69) is 20.4 Å². The summed E-state index contributed by atoms with van der Waals surface area (Å²) in [6.07, 6.45) is 1.55. The van der Waals surface area contributed by atoms with Gasteiger partial charge in [-0.25, -0.2) is 14.4 Å².